The molecule has 0 aliphatic heterocycles. The van der Waals surface area contributed by atoms with Gasteiger partial charge in [-0.15, -0.1) is 5.10 Å². The van der Waals surface area contributed by atoms with Gasteiger partial charge >= 0.3 is 0 Å². The maximum absolute atomic E-state index is 6.77. The summed E-state index contributed by atoms with van der Waals surface area (Å²) >= 11 is 0. The number of nitrogens with one attached hydrogen (secondary N) is 1. The van der Waals surface area contributed by atoms with Gasteiger partial charge in [0.1, 0.15) is 0 Å². The quantitative estimate of drug-likeness (QED) is 0.629. The normalized spacial score (nSPS) is 9.55. The average Bonchev–Trinajstić information content (AvgIpc) is 2.32. The zero-order chi connectivity index (χ0) is 8.27. The fourth-order valence-electron chi connectivity index (χ4n) is 0.887. The highest BCUT2D eigenvalue weighted by Crippen LogP contribution is 2.11. The van der Waals surface area contributed by atoms with Crippen LogP contribution in [0.4, 0.5) is 5.82 Å². The highest BCUT2D eigenvalue weighted by atomic mass is 15.3. The zero-order valence-electron chi connectivity index (χ0n) is 6.63. The van der Waals surface area contributed by atoms with E-state index in [2.05, 4.69) is 15.3 Å². The van der Waals surface area contributed by atoms with Crippen LogP contribution in [0.1, 0.15) is 5.69 Å². The van der Waals surface area contributed by atoms with Gasteiger partial charge in [-0.3, -0.25) is 0 Å². The smallest absolute Gasteiger partial charge is 0.252 e. The Labute approximate surface area is 65.7 Å². The molecular weight excluding hydrogens is 140 g/mol. The fraction of sp³-hybridized carbons (Fsp3) is 0.429. The lowest BCUT2D eigenvalue weighted by molar-refractivity contribution is 0.719. The van der Waals surface area contributed by atoms with E-state index in [0.717, 1.165) is 5.69 Å². The summed E-state index contributed by atoms with van der Waals surface area (Å²) in [5.41, 5.74) is 0.904. The molecule has 58 valence electrons. The van der Waals surface area contributed by atoms with E-state index < -0.39 is 0 Å². The summed E-state index contributed by atoms with van der Waals surface area (Å²) in [6.07, 6.45) is 0. The van der Waals surface area contributed by atoms with Crippen LogP contribution in [0.15, 0.2) is 6.07 Å². The molecule has 0 aliphatic carbocycles. The Bertz CT molecular complexity index is 281. The molecule has 1 N–H and O–H groups in total. The van der Waals surface area contributed by atoms with Gasteiger partial charge in [-0.1, -0.05) is 6.57 Å². The molecule has 4 nitrogen and oxygen atoms in total. The second-order valence-electron chi connectivity index (χ2n) is 2.26. The minimum Gasteiger partial charge on any atom is -0.362 e. The van der Waals surface area contributed by atoms with E-state index in [1.165, 1.54) is 0 Å². The summed E-state index contributed by atoms with van der Waals surface area (Å²) in [7, 11) is 3.62. The van der Waals surface area contributed by atoms with Gasteiger partial charge in [0.05, 0.1) is 12.7 Å². The van der Waals surface area contributed by atoms with Crippen LogP contribution >= 0.6 is 0 Å². The van der Waals surface area contributed by atoms with Gasteiger partial charge in [-0.2, -0.15) is 0 Å². The average molecular weight is 150 g/mol. The SMILES string of the molecule is [C-]#[N+]c1cc(CNC)nn1C. The first-order valence-electron chi connectivity index (χ1n) is 3.33. The van der Waals surface area contributed by atoms with Gasteiger partial charge in [0.2, 0.25) is 0 Å². The summed E-state index contributed by atoms with van der Waals surface area (Å²) in [4.78, 5) is 3.30. The van der Waals surface area contributed by atoms with Crippen molar-refractivity contribution in [3.05, 3.63) is 23.2 Å². The standard InChI is InChI=1S/C7H10N4/c1-8-5-6-4-7(9-2)11(3)10-6/h4,8H,5H2,1,3H3. The summed E-state index contributed by atoms with van der Waals surface area (Å²) in [6.45, 7) is 7.49. The molecule has 4 heteroatoms. The first kappa shape index (κ1) is 7.76. The lowest BCUT2D eigenvalue weighted by atomic mass is 10.4. The molecule has 11 heavy (non-hydrogen) atoms. The third-order valence-electron chi connectivity index (χ3n) is 1.38. The molecule has 0 radical (unpaired) electrons. The molecule has 0 unspecified atom stereocenters. The lowest BCUT2D eigenvalue weighted by Crippen LogP contribution is -2.05. The van der Waals surface area contributed by atoms with Crippen LogP contribution in [0.5, 0.6) is 0 Å². The Morgan fingerprint density at radius 3 is 3.00 bits per heavy atom. The molecule has 0 atom stereocenters. The molecule has 0 saturated heterocycles. The van der Waals surface area contributed by atoms with Crippen LogP contribution in [-0.4, -0.2) is 16.8 Å². The van der Waals surface area contributed by atoms with Crippen molar-refractivity contribution in [3.8, 4) is 0 Å². The molecule has 1 rings (SSSR count). The first-order valence-corrected chi connectivity index (χ1v) is 3.33. The zero-order valence-corrected chi connectivity index (χ0v) is 6.63. The molecule has 1 aromatic heterocycles. The minimum absolute atomic E-state index is 0.579. The van der Waals surface area contributed by atoms with Crippen LogP contribution in [-0.2, 0) is 13.6 Å². The van der Waals surface area contributed by atoms with Gasteiger partial charge in [-0.25, -0.2) is 4.68 Å². The fourth-order valence-corrected chi connectivity index (χ4v) is 0.887. The van der Waals surface area contributed by atoms with E-state index in [1.807, 2.05) is 7.05 Å². The first-order chi connectivity index (χ1) is 5.27. The van der Waals surface area contributed by atoms with Gasteiger partial charge in [-0.05, 0) is 13.1 Å². The Morgan fingerprint density at radius 2 is 2.55 bits per heavy atom. The van der Waals surface area contributed by atoms with Crippen molar-refractivity contribution in [2.75, 3.05) is 7.05 Å². The van der Waals surface area contributed by atoms with Crippen molar-refractivity contribution in [1.29, 1.82) is 0 Å². The second kappa shape index (κ2) is 3.17. The summed E-state index contributed by atoms with van der Waals surface area (Å²) in [6, 6.07) is 1.78. The van der Waals surface area contributed by atoms with E-state index in [1.54, 1.807) is 17.8 Å². The van der Waals surface area contributed by atoms with E-state index in [-0.39, 0.29) is 0 Å². The minimum atomic E-state index is 0.579. The van der Waals surface area contributed by atoms with Crippen molar-refractivity contribution in [2.24, 2.45) is 7.05 Å². The molecule has 0 fully saturated rings. The number of nitrogens with zero attached hydrogens (tertiary/aromatic N) is 3. The molecule has 0 amide bonds. The highest BCUT2D eigenvalue weighted by Gasteiger charge is 2.02. The third kappa shape index (κ3) is 1.57. The molecule has 1 aromatic rings. The molecule has 1 heterocycles. The van der Waals surface area contributed by atoms with Crippen LogP contribution in [0.3, 0.4) is 0 Å². The number of hydrogen-bond acceptors (Lipinski definition) is 2. The van der Waals surface area contributed by atoms with E-state index >= 15 is 0 Å². The number of hydrogen-bond donors (Lipinski definition) is 1. The molecule has 0 spiro atoms. The molecule has 0 aromatic carbocycles. The predicted molar refractivity (Wildman–Crippen MR) is 42.2 cm³/mol. The predicted octanol–water partition coefficient (Wildman–Crippen LogP) is 0.690. The van der Waals surface area contributed by atoms with Crippen LogP contribution < -0.4 is 5.32 Å². The van der Waals surface area contributed by atoms with E-state index in [9.17, 15) is 0 Å². The molecule has 0 bridgehead atoms. The van der Waals surface area contributed by atoms with Gasteiger partial charge < -0.3 is 10.2 Å². The van der Waals surface area contributed by atoms with Gasteiger partial charge in [0, 0.05) is 6.54 Å². The van der Waals surface area contributed by atoms with E-state index in [0.29, 0.717) is 12.4 Å². The molecular formula is C7H10N4. The van der Waals surface area contributed by atoms with Gasteiger partial charge in [0.25, 0.3) is 5.82 Å². The van der Waals surface area contributed by atoms with Crippen LogP contribution in [0, 0.1) is 6.57 Å². The Balaban J connectivity index is 2.89. The van der Waals surface area contributed by atoms with Gasteiger partial charge in [0.15, 0.2) is 0 Å². The van der Waals surface area contributed by atoms with Crippen molar-refractivity contribution >= 4 is 5.82 Å². The molecule has 0 saturated carbocycles. The maximum atomic E-state index is 6.77. The maximum Gasteiger partial charge on any atom is 0.252 e. The van der Waals surface area contributed by atoms with Crippen molar-refractivity contribution in [2.45, 2.75) is 6.54 Å². The Morgan fingerprint density at radius 1 is 1.82 bits per heavy atom. The Kier molecular flexibility index (Phi) is 2.24. The molecule has 0 aliphatic rings. The highest BCUT2D eigenvalue weighted by molar-refractivity contribution is 5.37. The van der Waals surface area contributed by atoms with Crippen molar-refractivity contribution < 1.29 is 0 Å². The van der Waals surface area contributed by atoms with E-state index in [4.69, 9.17) is 6.57 Å². The van der Waals surface area contributed by atoms with Crippen LogP contribution in [0.2, 0.25) is 0 Å². The third-order valence-corrected chi connectivity index (χ3v) is 1.38. The largest absolute Gasteiger partial charge is 0.362 e. The lowest BCUT2D eigenvalue weighted by Gasteiger charge is -1.88. The van der Waals surface area contributed by atoms with Crippen LogP contribution in [0.25, 0.3) is 4.85 Å². The summed E-state index contributed by atoms with van der Waals surface area (Å²) in [5.74, 6) is 0.579. The summed E-state index contributed by atoms with van der Waals surface area (Å²) < 4.78 is 1.58. The second-order valence-corrected chi connectivity index (χ2v) is 2.26. The van der Waals surface area contributed by atoms with Crippen molar-refractivity contribution in [1.82, 2.24) is 15.1 Å². The Hall–Kier alpha value is -1.34. The summed E-state index contributed by atoms with van der Waals surface area (Å²) in [5, 5.41) is 7.08. The number of rotatable bonds is 2. The van der Waals surface area contributed by atoms with Crippen molar-refractivity contribution in [3.63, 3.8) is 0 Å². The topological polar surface area (TPSA) is 34.2 Å². The monoisotopic (exact) mass is 150 g/mol. The number of aromatic nitrogens is 2. The number of aryl methyl sites for hydroxylation is 1.